The van der Waals surface area contributed by atoms with Crippen LogP contribution in [0.25, 0.3) is 0 Å². The predicted octanol–water partition coefficient (Wildman–Crippen LogP) is 2.70. The highest BCUT2D eigenvalue weighted by Crippen LogP contribution is 2.06. The second-order valence-electron chi connectivity index (χ2n) is 3.36. The second-order valence-corrected chi connectivity index (χ2v) is 3.36. The van der Waals surface area contributed by atoms with Crippen molar-refractivity contribution in [1.82, 2.24) is 0 Å². The van der Waals surface area contributed by atoms with E-state index in [1.54, 1.807) is 0 Å². The van der Waals surface area contributed by atoms with Crippen molar-refractivity contribution in [3.8, 4) is 0 Å². The van der Waals surface area contributed by atoms with Gasteiger partial charge in [-0.05, 0) is 27.2 Å². The van der Waals surface area contributed by atoms with Crippen molar-refractivity contribution in [3.63, 3.8) is 0 Å². The molecule has 0 aliphatic carbocycles. The van der Waals surface area contributed by atoms with Crippen LogP contribution in [0.1, 0.15) is 34.1 Å². The maximum Gasteiger partial charge on any atom is 0.100 e. The Labute approximate surface area is 69.1 Å². The van der Waals surface area contributed by atoms with Crippen LogP contribution in [-0.4, -0.2) is 12.2 Å². The van der Waals surface area contributed by atoms with Gasteiger partial charge in [-0.25, -0.2) is 9.78 Å². The Morgan fingerprint density at radius 1 is 1.18 bits per heavy atom. The van der Waals surface area contributed by atoms with E-state index in [1.165, 1.54) is 0 Å². The smallest absolute Gasteiger partial charge is 0.100 e. The van der Waals surface area contributed by atoms with Gasteiger partial charge in [0.05, 0.1) is 5.60 Å². The summed E-state index contributed by atoms with van der Waals surface area (Å²) in [6.45, 7) is 8.48. The fourth-order valence-corrected chi connectivity index (χ4v) is 0.485. The van der Waals surface area contributed by atoms with Crippen LogP contribution in [0.15, 0.2) is 12.2 Å². The molecule has 0 aromatic carbocycles. The molecule has 66 valence electrons. The number of hydrogen-bond donors (Lipinski definition) is 0. The standard InChI is InChI=1S/C9H18O2/c1-5-6-7-8-10-11-9(2,3)4/h6-7H,5,8H2,1-4H3. The van der Waals surface area contributed by atoms with Crippen molar-refractivity contribution in [3.05, 3.63) is 12.2 Å². The average Bonchev–Trinajstić information content (AvgIpc) is 1.85. The van der Waals surface area contributed by atoms with Gasteiger partial charge in [-0.15, -0.1) is 0 Å². The molecule has 0 unspecified atom stereocenters. The minimum atomic E-state index is -0.208. The molecule has 0 radical (unpaired) electrons. The molecule has 0 aromatic rings. The third-order valence-corrected chi connectivity index (χ3v) is 0.876. The van der Waals surface area contributed by atoms with Crippen LogP contribution in [-0.2, 0) is 9.78 Å². The third kappa shape index (κ3) is 9.66. The van der Waals surface area contributed by atoms with Crippen LogP contribution in [0, 0.1) is 0 Å². The first-order chi connectivity index (χ1) is 5.06. The molecule has 0 saturated heterocycles. The molecule has 11 heavy (non-hydrogen) atoms. The minimum Gasteiger partial charge on any atom is -0.232 e. The maximum absolute atomic E-state index is 5.02. The summed E-state index contributed by atoms with van der Waals surface area (Å²) in [6.07, 6.45) is 5.04. The lowest BCUT2D eigenvalue weighted by Gasteiger charge is -2.16. The van der Waals surface area contributed by atoms with Crippen molar-refractivity contribution in [1.29, 1.82) is 0 Å². The highest BCUT2D eigenvalue weighted by atomic mass is 17.2. The molecule has 0 saturated carbocycles. The Bertz CT molecular complexity index is 111. The van der Waals surface area contributed by atoms with Crippen LogP contribution in [0.3, 0.4) is 0 Å². The van der Waals surface area contributed by atoms with E-state index in [1.807, 2.05) is 32.9 Å². The van der Waals surface area contributed by atoms with Gasteiger partial charge in [-0.1, -0.05) is 19.1 Å². The predicted molar refractivity (Wildman–Crippen MR) is 46.2 cm³/mol. The first kappa shape index (κ1) is 10.7. The molecule has 0 rings (SSSR count). The maximum atomic E-state index is 5.02. The molecule has 0 heterocycles. The Morgan fingerprint density at radius 3 is 2.27 bits per heavy atom. The van der Waals surface area contributed by atoms with E-state index >= 15 is 0 Å². The zero-order valence-corrected chi connectivity index (χ0v) is 7.89. The topological polar surface area (TPSA) is 18.5 Å². The SMILES string of the molecule is CCC=CCOOC(C)(C)C. The number of allylic oxidation sites excluding steroid dienone is 1. The molecule has 0 amide bonds. The van der Waals surface area contributed by atoms with Gasteiger partial charge in [0.15, 0.2) is 0 Å². The van der Waals surface area contributed by atoms with Crippen molar-refractivity contribution in [2.45, 2.75) is 39.7 Å². The normalized spacial score (nSPS) is 12.7. The Morgan fingerprint density at radius 2 is 1.82 bits per heavy atom. The first-order valence-corrected chi connectivity index (χ1v) is 4.02. The van der Waals surface area contributed by atoms with E-state index in [0.717, 1.165) is 6.42 Å². The lowest BCUT2D eigenvalue weighted by atomic mass is 10.2. The summed E-state index contributed by atoms with van der Waals surface area (Å²) in [5.74, 6) is 0. The van der Waals surface area contributed by atoms with Crippen LogP contribution in [0.4, 0.5) is 0 Å². The highest BCUT2D eigenvalue weighted by Gasteiger charge is 2.10. The monoisotopic (exact) mass is 158 g/mol. The second kappa shape index (κ2) is 5.33. The van der Waals surface area contributed by atoms with Crippen LogP contribution in [0.5, 0.6) is 0 Å². The Hall–Kier alpha value is -0.340. The van der Waals surface area contributed by atoms with Crippen LogP contribution in [0.2, 0.25) is 0 Å². The largest absolute Gasteiger partial charge is 0.232 e. The van der Waals surface area contributed by atoms with Crippen LogP contribution < -0.4 is 0 Å². The fourth-order valence-electron chi connectivity index (χ4n) is 0.485. The summed E-state index contributed by atoms with van der Waals surface area (Å²) < 4.78 is 0. The lowest BCUT2D eigenvalue weighted by molar-refractivity contribution is -0.341. The fraction of sp³-hybridized carbons (Fsp3) is 0.778. The summed E-state index contributed by atoms with van der Waals surface area (Å²) in [4.78, 5) is 9.94. The summed E-state index contributed by atoms with van der Waals surface area (Å²) >= 11 is 0. The lowest BCUT2D eigenvalue weighted by Crippen LogP contribution is -2.19. The van der Waals surface area contributed by atoms with E-state index in [-0.39, 0.29) is 5.60 Å². The van der Waals surface area contributed by atoms with Crippen molar-refractivity contribution in [2.24, 2.45) is 0 Å². The summed E-state index contributed by atoms with van der Waals surface area (Å²) in [6, 6.07) is 0. The Kier molecular flexibility index (Phi) is 5.16. The summed E-state index contributed by atoms with van der Waals surface area (Å²) in [7, 11) is 0. The quantitative estimate of drug-likeness (QED) is 0.271. The molecule has 0 bridgehead atoms. The van der Waals surface area contributed by atoms with Gasteiger partial charge < -0.3 is 0 Å². The van der Waals surface area contributed by atoms with Gasteiger partial charge >= 0.3 is 0 Å². The van der Waals surface area contributed by atoms with E-state index in [2.05, 4.69) is 6.92 Å². The van der Waals surface area contributed by atoms with Crippen molar-refractivity contribution >= 4 is 0 Å². The van der Waals surface area contributed by atoms with E-state index in [9.17, 15) is 0 Å². The van der Waals surface area contributed by atoms with Crippen molar-refractivity contribution in [2.75, 3.05) is 6.61 Å². The average molecular weight is 158 g/mol. The Balaban J connectivity index is 3.21. The molecule has 2 nitrogen and oxygen atoms in total. The zero-order chi connectivity index (χ0) is 8.74. The van der Waals surface area contributed by atoms with E-state index < -0.39 is 0 Å². The van der Waals surface area contributed by atoms with Gasteiger partial charge in [0.2, 0.25) is 0 Å². The zero-order valence-electron chi connectivity index (χ0n) is 7.89. The minimum absolute atomic E-state index is 0.208. The number of rotatable bonds is 4. The molecule has 0 aromatic heterocycles. The molecule has 0 fully saturated rings. The summed E-state index contributed by atoms with van der Waals surface area (Å²) in [5, 5.41) is 0. The van der Waals surface area contributed by atoms with E-state index in [4.69, 9.17) is 9.78 Å². The molecule has 0 aliphatic heterocycles. The molecule has 0 aliphatic rings. The van der Waals surface area contributed by atoms with E-state index in [0.29, 0.717) is 6.61 Å². The third-order valence-electron chi connectivity index (χ3n) is 0.876. The van der Waals surface area contributed by atoms with Gasteiger partial charge in [-0.2, -0.15) is 0 Å². The molecular formula is C9H18O2. The first-order valence-electron chi connectivity index (χ1n) is 4.02. The van der Waals surface area contributed by atoms with Crippen molar-refractivity contribution < 1.29 is 9.78 Å². The summed E-state index contributed by atoms with van der Waals surface area (Å²) in [5.41, 5.74) is -0.208. The van der Waals surface area contributed by atoms with Gasteiger partial charge in [-0.3, -0.25) is 0 Å². The highest BCUT2D eigenvalue weighted by molar-refractivity contribution is 4.78. The van der Waals surface area contributed by atoms with Gasteiger partial charge in [0.25, 0.3) is 0 Å². The molecule has 0 N–H and O–H groups in total. The van der Waals surface area contributed by atoms with Gasteiger partial charge in [0, 0.05) is 0 Å². The molecular weight excluding hydrogens is 140 g/mol. The van der Waals surface area contributed by atoms with Gasteiger partial charge in [0.1, 0.15) is 6.61 Å². The molecule has 0 atom stereocenters. The number of hydrogen-bond acceptors (Lipinski definition) is 2. The van der Waals surface area contributed by atoms with Crippen LogP contribution >= 0.6 is 0 Å². The molecule has 2 heteroatoms. The molecule has 0 spiro atoms.